The van der Waals surface area contributed by atoms with Crippen LogP contribution in [0.5, 0.6) is 0 Å². The first-order valence-electron chi connectivity index (χ1n) is 8.70. The van der Waals surface area contributed by atoms with E-state index in [1.807, 2.05) is 0 Å². The Morgan fingerprint density at radius 3 is 1.78 bits per heavy atom. The smallest absolute Gasteiger partial charge is 0.303 e. The monoisotopic (exact) mass is 258 g/mol. The maximum absolute atomic E-state index is 10.3. The molecule has 0 rings (SSSR count). The Labute approximate surface area is 116 Å². The van der Waals surface area contributed by atoms with Gasteiger partial charge in [0, 0.05) is 9.16 Å². The van der Waals surface area contributed by atoms with Crippen molar-refractivity contribution in [2.24, 2.45) is 0 Å². The van der Waals surface area contributed by atoms with E-state index in [1.54, 1.807) is 0 Å². The fraction of sp³-hybridized carbons (Fsp3) is 0.938. The van der Waals surface area contributed by atoms with Crippen molar-refractivity contribution in [3.05, 3.63) is 0 Å². The topological polar surface area (TPSA) is 37.3 Å². The summed E-state index contributed by atoms with van der Waals surface area (Å²) in [6.45, 7) is 2.19. The van der Waals surface area contributed by atoms with E-state index < -0.39 is 12.3 Å². The molecule has 2 nitrogen and oxygen atoms in total. The minimum atomic E-state index is -1.01. The van der Waals surface area contributed by atoms with E-state index in [0.717, 1.165) is 44.9 Å². The number of aliphatic carboxylic acids is 1. The van der Waals surface area contributed by atoms with Gasteiger partial charge in [0.15, 0.2) is 0 Å². The van der Waals surface area contributed by atoms with Crippen LogP contribution in [0.3, 0.4) is 0 Å². The molecule has 108 valence electrons. The third kappa shape index (κ3) is 15.5. The Balaban J connectivity index is 3.40. The van der Waals surface area contributed by atoms with Gasteiger partial charge in [0.2, 0.25) is 0 Å². The molecule has 0 spiro atoms. The highest BCUT2D eigenvalue weighted by Crippen LogP contribution is 2.12. The molecule has 0 aromatic heterocycles. The number of rotatable bonds is 14. The molecule has 0 saturated carbocycles. The number of hydrogen-bond acceptors (Lipinski definition) is 1. The van der Waals surface area contributed by atoms with Gasteiger partial charge >= 0.3 is 5.97 Å². The van der Waals surface area contributed by atoms with E-state index in [9.17, 15) is 4.79 Å². The van der Waals surface area contributed by atoms with E-state index >= 15 is 0 Å². The van der Waals surface area contributed by atoms with Gasteiger partial charge < -0.3 is 5.11 Å². The van der Waals surface area contributed by atoms with E-state index in [1.165, 1.54) is 19.3 Å². The molecule has 0 aromatic carbocycles. The van der Waals surface area contributed by atoms with Crippen LogP contribution < -0.4 is 0 Å². The molecule has 0 fully saturated rings. The average molecular weight is 258 g/mol. The average Bonchev–Trinajstić information content (AvgIpc) is 2.37. The minimum absolute atomic E-state index is 0.262. The van der Waals surface area contributed by atoms with Crippen LogP contribution in [-0.4, -0.2) is 11.1 Å². The number of carbonyl (C=O) groups is 1. The first-order chi connectivity index (χ1) is 9.48. The van der Waals surface area contributed by atoms with Gasteiger partial charge in [-0.15, -0.1) is 0 Å². The lowest BCUT2D eigenvalue weighted by molar-refractivity contribution is -0.137. The fourth-order valence-corrected chi connectivity index (χ4v) is 2.04. The van der Waals surface area contributed by atoms with Crippen molar-refractivity contribution >= 4 is 5.97 Å². The zero-order valence-corrected chi connectivity index (χ0v) is 12.0. The molecule has 0 aromatic rings. The lowest BCUT2D eigenvalue weighted by Gasteiger charge is -2.02. The van der Waals surface area contributed by atoms with Crippen LogP contribution in [0.4, 0.5) is 0 Å². The van der Waals surface area contributed by atoms with Crippen LogP contribution in [0.15, 0.2) is 0 Å². The van der Waals surface area contributed by atoms with Crippen LogP contribution >= 0.6 is 0 Å². The Hall–Kier alpha value is -0.530. The van der Waals surface area contributed by atoms with Crippen LogP contribution in [-0.2, 0) is 4.79 Å². The number of carboxylic acids is 1. The predicted molar refractivity (Wildman–Crippen MR) is 77.9 cm³/mol. The van der Waals surface area contributed by atoms with Crippen molar-refractivity contribution in [1.29, 1.82) is 0 Å². The molecule has 0 aliphatic rings. The number of unbranched alkanes of at least 4 members (excludes halogenated alkanes) is 8. The molecule has 0 amide bonds. The van der Waals surface area contributed by atoms with Crippen LogP contribution in [0.25, 0.3) is 0 Å². The van der Waals surface area contributed by atoms with Crippen LogP contribution in [0, 0.1) is 0 Å². The second-order valence-electron chi connectivity index (χ2n) is 5.08. The predicted octanol–water partition coefficient (Wildman–Crippen LogP) is 5.55. The van der Waals surface area contributed by atoms with Crippen molar-refractivity contribution in [3.63, 3.8) is 0 Å². The molecule has 1 N–H and O–H groups in total. The molecule has 2 heteroatoms. The van der Waals surface area contributed by atoms with Crippen molar-refractivity contribution in [2.45, 2.75) is 96.8 Å². The maximum atomic E-state index is 10.3. The lowest BCUT2D eigenvalue weighted by Crippen LogP contribution is -1.93. The van der Waals surface area contributed by atoms with Crippen molar-refractivity contribution in [3.8, 4) is 0 Å². The summed E-state index contributed by atoms with van der Waals surface area (Å²) in [5, 5.41) is 8.51. The first kappa shape index (κ1) is 13.9. The second kappa shape index (κ2) is 14.5. The molecule has 0 unspecified atom stereocenters. The standard InChI is InChI=1S/C16H32O2/c1-2-3-4-5-6-7-8-9-10-11-12-13-14-15-16(17)18/h2-15H2,1H3,(H,17,18)/i8D2. The molecule has 0 radical (unpaired) electrons. The van der Waals surface area contributed by atoms with Gasteiger partial charge in [-0.05, 0) is 6.42 Å². The molecule has 18 heavy (non-hydrogen) atoms. The van der Waals surface area contributed by atoms with Gasteiger partial charge in [0.05, 0.1) is 0 Å². The van der Waals surface area contributed by atoms with E-state index in [0.29, 0.717) is 12.8 Å². The second-order valence-corrected chi connectivity index (χ2v) is 5.08. The molecular weight excluding hydrogens is 224 g/mol. The Morgan fingerprint density at radius 2 is 1.28 bits per heavy atom. The van der Waals surface area contributed by atoms with Gasteiger partial charge in [-0.25, -0.2) is 0 Å². The number of carboxylic acid groups (broad SMARTS) is 1. The normalized spacial score (nSPS) is 13.2. The summed E-state index contributed by atoms with van der Waals surface area (Å²) in [5.74, 6) is -0.718. The lowest BCUT2D eigenvalue weighted by atomic mass is 10.0. The van der Waals surface area contributed by atoms with Gasteiger partial charge in [0.25, 0.3) is 0 Å². The number of hydrogen-bond donors (Lipinski definition) is 1. The zero-order chi connectivity index (χ0) is 15.3. The summed E-state index contributed by atoms with van der Waals surface area (Å²) >= 11 is 0. The van der Waals surface area contributed by atoms with Gasteiger partial charge in [-0.1, -0.05) is 83.9 Å². The summed E-state index contributed by atoms with van der Waals surface area (Å²) in [5.41, 5.74) is 0. The zero-order valence-electron chi connectivity index (χ0n) is 14.0. The van der Waals surface area contributed by atoms with Crippen LogP contribution in [0.1, 0.15) is 99.5 Å². The van der Waals surface area contributed by atoms with E-state index in [-0.39, 0.29) is 6.42 Å². The largest absolute Gasteiger partial charge is 0.481 e. The summed E-state index contributed by atoms with van der Waals surface area (Å²) in [7, 11) is 0. The molecule has 0 aliphatic heterocycles. The van der Waals surface area contributed by atoms with Gasteiger partial charge in [-0.3, -0.25) is 4.79 Å². The Bertz CT molecular complexity index is 243. The molecule has 0 bridgehead atoms. The first-order valence-corrected chi connectivity index (χ1v) is 7.70. The summed E-state index contributed by atoms with van der Waals surface area (Å²) in [6, 6.07) is 0. The van der Waals surface area contributed by atoms with E-state index in [4.69, 9.17) is 7.85 Å². The highest BCUT2D eigenvalue weighted by molar-refractivity contribution is 5.66. The molecule has 0 aliphatic carbocycles. The quantitative estimate of drug-likeness (QED) is 0.415. The van der Waals surface area contributed by atoms with E-state index in [2.05, 4.69) is 6.92 Å². The molecular formula is C16H32O2. The highest BCUT2D eigenvalue weighted by atomic mass is 16.4. The van der Waals surface area contributed by atoms with Gasteiger partial charge in [-0.2, -0.15) is 0 Å². The summed E-state index contributed by atoms with van der Waals surface area (Å²) in [6.07, 6.45) is 11.2. The van der Waals surface area contributed by atoms with Crippen molar-refractivity contribution < 1.29 is 12.6 Å². The maximum Gasteiger partial charge on any atom is 0.303 e. The third-order valence-electron chi connectivity index (χ3n) is 3.20. The van der Waals surface area contributed by atoms with Crippen molar-refractivity contribution in [2.75, 3.05) is 0 Å². The highest BCUT2D eigenvalue weighted by Gasteiger charge is 1.96. The summed E-state index contributed by atoms with van der Waals surface area (Å²) in [4.78, 5) is 10.3. The molecule has 0 atom stereocenters. The Kier molecular flexibility index (Phi) is 11.2. The minimum Gasteiger partial charge on any atom is -0.481 e. The van der Waals surface area contributed by atoms with Crippen LogP contribution in [0.2, 0.25) is 0 Å². The Morgan fingerprint density at radius 1 is 0.833 bits per heavy atom. The van der Waals surface area contributed by atoms with Crippen molar-refractivity contribution in [1.82, 2.24) is 0 Å². The SMILES string of the molecule is [2H]C([2H])(CCCCCCC)CCCCCCCC(=O)O. The molecule has 0 heterocycles. The molecule has 0 saturated heterocycles. The van der Waals surface area contributed by atoms with Gasteiger partial charge in [0.1, 0.15) is 0 Å². The fourth-order valence-electron chi connectivity index (χ4n) is 2.04. The summed E-state index contributed by atoms with van der Waals surface area (Å²) < 4.78 is 15.9. The third-order valence-corrected chi connectivity index (χ3v) is 3.20.